The van der Waals surface area contributed by atoms with E-state index in [1.807, 2.05) is 6.92 Å². The van der Waals surface area contributed by atoms with Gasteiger partial charge in [-0.1, -0.05) is 32.0 Å². The quantitative estimate of drug-likeness (QED) is 0.730. The number of carbonyl (C=O) groups excluding carboxylic acids is 1. The van der Waals surface area contributed by atoms with E-state index in [4.69, 9.17) is 0 Å². The lowest BCUT2D eigenvalue weighted by atomic mass is 10.1. The Morgan fingerprint density at radius 1 is 1.24 bits per heavy atom. The van der Waals surface area contributed by atoms with Crippen molar-refractivity contribution in [2.75, 3.05) is 18.8 Å². The molecule has 1 aliphatic rings. The largest absolute Gasteiger partial charge is 0.353 e. The summed E-state index contributed by atoms with van der Waals surface area (Å²) in [4.78, 5) is 16.3. The number of carbonyl (C=O) groups is 1. The van der Waals surface area contributed by atoms with Gasteiger partial charge in [-0.15, -0.1) is 0 Å². The Kier molecular flexibility index (Phi) is 7.27. The lowest BCUT2D eigenvalue weighted by Gasteiger charge is -2.25. The van der Waals surface area contributed by atoms with Crippen LogP contribution in [-0.2, 0) is 14.8 Å². The Morgan fingerprint density at radius 3 is 2.48 bits per heavy atom. The zero-order valence-electron chi connectivity index (χ0n) is 15.1. The average Bonchev–Trinajstić information content (AvgIpc) is 2.61. The molecule has 0 aromatic carbocycles. The van der Waals surface area contributed by atoms with Crippen LogP contribution < -0.4 is 5.32 Å². The van der Waals surface area contributed by atoms with Crippen molar-refractivity contribution in [1.29, 1.82) is 0 Å². The first kappa shape index (κ1) is 20.2. The van der Waals surface area contributed by atoms with Crippen molar-refractivity contribution in [3.8, 4) is 0 Å². The number of rotatable bonds is 7. The van der Waals surface area contributed by atoms with Crippen molar-refractivity contribution in [3.05, 3.63) is 18.3 Å². The van der Waals surface area contributed by atoms with Gasteiger partial charge in [0, 0.05) is 25.3 Å². The highest BCUT2D eigenvalue weighted by Crippen LogP contribution is 2.22. The van der Waals surface area contributed by atoms with Gasteiger partial charge in [-0.2, -0.15) is 4.31 Å². The molecule has 1 amide bonds. The number of hydrogen-bond acceptors (Lipinski definition) is 5. The van der Waals surface area contributed by atoms with Crippen molar-refractivity contribution in [2.24, 2.45) is 5.92 Å². The van der Waals surface area contributed by atoms with E-state index in [9.17, 15) is 13.2 Å². The van der Waals surface area contributed by atoms with Gasteiger partial charge in [-0.05, 0) is 37.8 Å². The average molecular weight is 386 g/mol. The smallest absolute Gasteiger partial charge is 0.244 e. The molecule has 140 valence electrons. The van der Waals surface area contributed by atoms with Gasteiger partial charge in [-0.25, -0.2) is 13.4 Å². The Hall–Kier alpha value is -1.12. The zero-order chi connectivity index (χ0) is 18.4. The molecule has 6 nitrogen and oxygen atoms in total. The van der Waals surface area contributed by atoms with Crippen LogP contribution in [0.2, 0.25) is 0 Å². The molecule has 0 spiro atoms. The van der Waals surface area contributed by atoms with E-state index in [-0.39, 0.29) is 22.6 Å². The highest BCUT2D eigenvalue weighted by Gasteiger charge is 2.26. The first-order valence-electron chi connectivity index (χ1n) is 8.69. The van der Waals surface area contributed by atoms with Gasteiger partial charge in [0.05, 0.1) is 10.8 Å². The maximum atomic E-state index is 12.6. The van der Waals surface area contributed by atoms with Gasteiger partial charge in [0.1, 0.15) is 4.90 Å². The summed E-state index contributed by atoms with van der Waals surface area (Å²) >= 11 is 1.31. The summed E-state index contributed by atoms with van der Waals surface area (Å²) in [6.45, 7) is 7.24. The van der Waals surface area contributed by atoms with Crippen LogP contribution in [0, 0.1) is 5.92 Å². The molecule has 0 saturated carbocycles. The van der Waals surface area contributed by atoms with Gasteiger partial charge < -0.3 is 5.32 Å². The van der Waals surface area contributed by atoms with Crippen LogP contribution in [0.3, 0.4) is 0 Å². The number of nitrogens with zero attached hydrogens (tertiary/aromatic N) is 2. The predicted molar refractivity (Wildman–Crippen MR) is 100 cm³/mol. The number of piperidine rings is 1. The molecular weight excluding hydrogens is 358 g/mol. The molecule has 1 aliphatic heterocycles. The Labute approximate surface area is 154 Å². The highest BCUT2D eigenvalue weighted by molar-refractivity contribution is 7.99. The molecule has 2 rings (SSSR count). The van der Waals surface area contributed by atoms with E-state index in [1.54, 1.807) is 12.1 Å². The summed E-state index contributed by atoms with van der Waals surface area (Å²) in [5.74, 6) is 0.604. The molecule has 8 heteroatoms. The summed E-state index contributed by atoms with van der Waals surface area (Å²) in [7, 11) is -3.45. The molecule has 0 radical (unpaired) electrons. The second-order valence-corrected chi connectivity index (χ2v) is 9.62. The van der Waals surface area contributed by atoms with E-state index >= 15 is 0 Å². The molecule has 1 saturated heterocycles. The summed E-state index contributed by atoms with van der Waals surface area (Å²) in [6, 6.07) is 3.37. The van der Waals surface area contributed by atoms with Crippen LogP contribution in [-0.4, -0.2) is 48.5 Å². The monoisotopic (exact) mass is 385 g/mol. The third-order valence-electron chi connectivity index (χ3n) is 4.40. The lowest BCUT2D eigenvalue weighted by Crippen LogP contribution is -2.37. The van der Waals surface area contributed by atoms with E-state index in [2.05, 4.69) is 24.1 Å². The summed E-state index contributed by atoms with van der Waals surface area (Å²) in [5.41, 5.74) is 0. The number of pyridine rings is 1. The van der Waals surface area contributed by atoms with Gasteiger partial charge >= 0.3 is 0 Å². The minimum Gasteiger partial charge on any atom is -0.353 e. The molecule has 1 N–H and O–H groups in total. The van der Waals surface area contributed by atoms with Crippen LogP contribution in [0.25, 0.3) is 0 Å². The normalized spacial score (nSPS) is 17.4. The molecule has 25 heavy (non-hydrogen) atoms. The fourth-order valence-corrected chi connectivity index (χ4v) is 4.58. The van der Waals surface area contributed by atoms with Crippen LogP contribution in [0.5, 0.6) is 0 Å². The highest BCUT2D eigenvalue weighted by atomic mass is 32.2. The van der Waals surface area contributed by atoms with Gasteiger partial charge in [-0.3, -0.25) is 4.79 Å². The van der Waals surface area contributed by atoms with Crippen LogP contribution in [0.1, 0.15) is 40.0 Å². The molecule has 1 atom stereocenters. The standard InChI is InChI=1S/C17H27N3O3S2/c1-13(2)14(3)19-16(21)12-24-17-8-7-15(11-18-17)25(22,23)20-9-5-4-6-10-20/h7-8,11,13-14H,4-6,9-10,12H2,1-3H3,(H,19,21)/t14-/m1/s1. The Balaban J connectivity index is 1.92. The van der Waals surface area contributed by atoms with Crippen LogP contribution in [0.15, 0.2) is 28.3 Å². The van der Waals surface area contributed by atoms with Crippen LogP contribution >= 0.6 is 11.8 Å². The van der Waals surface area contributed by atoms with Gasteiger partial charge in [0.15, 0.2) is 0 Å². The molecule has 1 fully saturated rings. The topological polar surface area (TPSA) is 79.4 Å². The zero-order valence-corrected chi connectivity index (χ0v) is 16.7. The molecule has 1 aromatic heterocycles. The number of thioether (sulfide) groups is 1. The number of aromatic nitrogens is 1. The minimum absolute atomic E-state index is 0.0435. The van der Waals surface area contributed by atoms with Crippen molar-refractivity contribution < 1.29 is 13.2 Å². The van der Waals surface area contributed by atoms with Gasteiger partial charge in [0.2, 0.25) is 15.9 Å². The fraction of sp³-hybridized carbons (Fsp3) is 0.647. The van der Waals surface area contributed by atoms with Crippen molar-refractivity contribution >= 4 is 27.7 Å². The molecule has 2 heterocycles. The van der Waals surface area contributed by atoms with Crippen molar-refractivity contribution in [2.45, 2.75) is 56.0 Å². The number of sulfonamides is 1. The number of amides is 1. The van der Waals surface area contributed by atoms with Crippen LogP contribution in [0.4, 0.5) is 0 Å². The SMILES string of the molecule is CC(C)[C@@H](C)NC(=O)CSc1ccc(S(=O)(=O)N2CCCCC2)cn1. The molecule has 0 aliphatic carbocycles. The molecular formula is C17H27N3O3S2. The summed E-state index contributed by atoms with van der Waals surface area (Å²) < 4.78 is 26.7. The first-order valence-corrected chi connectivity index (χ1v) is 11.1. The van der Waals surface area contributed by atoms with E-state index < -0.39 is 10.0 Å². The number of hydrogen-bond donors (Lipinski definition) is 1. The lowest BCUT2D eigenvalue weighted by molar-refractivity contribution is -0.119. The number of nitrogens with one attached hydrogen (secondary N) is 1. The second-order valence-electron chi connectivity index (χ2n) is 6.69. The molecule has 1 aromatic rings. The molecule has 0 unspecified atom stereocenters. The van der Waals surface area contributed by atoms with E-state index in [0.717, 1.165) is 19.3 Å². The second kappa shape index (κ2) is 9.00. The third kappa shape index (κ3) is 5.69. The van der Waals surface area contributed by atoms with Gasteiger partial charge in [0.25, 0.3) is 0 Å². The Bertz CT molecular complexity index is 669. The van der Waals surface area contributed by atoms with Crippen molar-refractivity contribution in [1.82, 2.24) is 14.6 Å². The Morgan fingerprint density at radius 2 is 1.92 bits per heavy atom. The van der Waals surface area contributed by atoms with E-state index in [0.29, 0.717) is 24.0 Å². The molecule has 0 bridgehead atoms. The third-order valence-corrected chi connectivity index (χ3v) is 7.23. The predicted octanol–water partition coefficient (Wildman–Crippen LogP) is 2.51. The fourth-order valence-electron chi connectivity index (χ4n) is 2.46. The van der Waals surface area contributed by atoms with E-state index in [1.165, 1.54) is 22.3 Å². The maximum Gasteiger partial charge on any atom is 0.244 e. The first-order chi connectivity index (χ1) is 11.8. The summed E-state index contributed by atoms with van der Waals surface area (Å²) in [6.07, 6.45) is 4.28. The summed E-state index contributed by atoms with van der Waals surface area (Å²) in [5, 5.41) is 3.58. The maximum absolute atomic E-state index is 12.6. The van der Waals surface area contributed by atoms with Crippen molar-refractivity contribution in [3.63, 3.8) is 0 Å². The minimum atomic E-state index is -3.45.